The highest BCUT2D eigenvalue weighted by Gasteiger charge is 2.10. The molecule has 0 fully saturated rings. The first kappa shape index (κ1) is 14.3. The molecule has 1 aromatic carbocycles. The van der Waals surface area contributed by atoms with Gasteiger partial charge in [0.1, 0.15) is 0 Å². The summed E-state index contributed by atoms with van der Waals surface area (Å²) in [6.07, 6.45) is 1.99. The lowest BCUT2D eigenvalue weighted by atomic mass is 10.1. The smallest absolute Gasteiger partial charge is 0.264 e. The Morgan fingerprint density at radius 1 is 1.25 bits per heavy atom. The van der Waals surface area contributed by atoms with E-state index in [4.69, 9.17) is 5.73 Å². The first-order valence-electron chi connectivity index (χ1n) is 6.76. The van der Waals surface area contributed by atoms with Crippen molar-refractivity contribution in [2.75, 3.05) is 0 Å². The van der Waals surface area contributed by atoms with Gasteiger partial charge in [0.05, 0.1) is 5.69 Å². The fourth-order valence-corrected chi connectivity index (χ4v) is 2.11. The summed E-state index contributed by atoms with van der Waals surface area (Å²) < 4.78 is 1.25. The maximum absolute atomic E-state index is 12.1. The van der Waals surface area contributed by atoms with Gasteiger partial charge in [-0.15, -0.1) is 0 Å². The van der Waals surface area contributed by atoms with Crippen LogP contribution in [0.15, 0.2) is 35.1 Å². The Morgan fingerprint density at radius 2 is 1.90 bits per heavy atom. The van der Waals surface area contributed by atoms with Crippen molar-refractivity contribution in [2.45, 2.75) is 32.7 Å². The lowest BCUT2D eigenvalue weighted by molar-refractivity contribution is 0.0883. The van der Waals surface area contributed by atoms with Crippen LogP contribution < -0.4 is 11.3 Å². The summed E-state index contributed by atoms with van der Waals surface area (Å²) >= 11 is 0. The summed E-state index contributed by atoms with van der Waals surface area (Å²) in [5, 5.41) is 2.48. The molecule has 0 atom stereocenters. The first-order chi connectivity index (χ1) is 9.63. The summed E-state index contributed by atoms with van der Waals surface area (Å²) in [7, 11) is 0. The van der Waals surface area contributed by atoms with E-state index in [0.29, 0.717) is 18.5 Å². The van der Waals surface area contributed by atoms with Crippen LogP contribution in [0.2, 0.25) is 0 Å². The fourth-order valence-electron chi connectivity index (χ4n) is 2.11. The van der Waals surface area contributed by atoms with Crippen molar-refractivity contribution in [3.63, 3.8) is 0 Å². The minimum Gasteiger partial charge on any atom is -0.325 e. The van der Waals surface area contributed by atoms with Crippen LogP contribution in [0.25, 0.3) is 0 Å². The topological polar surface area (TPSA) is 80.9 Å². The minimum absolute atomic E-state index is 0.146. The molecule has 20 heavy (non-hydrogen) atoms. The van der Waals surface area contributed by atoms with Crippen molar-refractivity contribution >= 4 is 5.91 Å². The molecular weight excluding hydrogens is 254 g/mol. The quantitative estimate of drug-likeness (QED) is 0.865. The number of aryl methyl sites for hydroxylation is 2. The number of nitrogens with zero attached hydrogens (tertiary/aromatic N) is 1. The maximum atomic E-state index is 12.1. The molecule has 0 unspecified atom stereocenters. The molecule has 0 radical (unpaired) electrons. The molecule has 2 rings (SSSR count). The number of carbonyl (C=O) groups excluding carboxylic acids is 1. The Morgan fingerprint density at radius 3 is 2.50 bits per heavy atom. The summed E-state index contributed by atoms with van der Waals surface area (Å²) in [5.41, 5.74) is 8.11. The Labute approximate surface area is 117 Å². The predicted octanol–water partition coefficient (Wildman–Crippen LogP) is 1.47. The van der Waals surface area contributed by atoms with Crippen molar-refractivity contribution in [2.24, 2.45) is 5.73 Å². The molecule has 5 nitrogen and oxygen atoms in total. The third-order valence-corrected chi connectivity index (χ3v) is 3.32. The minimum atomic E-state index is -0.300. The van der Waals surface area contributed by atoms with Gasteiger partial charge in [-0.1, -0.05) is 31.2 Å². The van der Waals surface area contributed by atoms with Crippen LogP contribution in [0.3, 0.4) is 0 Å². The van der Waals surface area contributed by atoms with Crippen molar-refractivity contribution in [3.8, 4) is 0 Å². The van der Waals surface area contributed by atoms with E-state index in [1.54, 1.807) is 0 Å². The number of hydrogen-bond donors (Lipinski definition) is 2. The number of aromatic nitrogens is 2. The van der Waals surface area contributed by atoms with Crippen molar-refractivity contribution in [3.05, 3.63) is 57.5 Å². The van der Waals surface area contributed by atoms with Crippen LogP contribution in [-0.4, -0.2) is 15.7 Å². The van der Waals surface area contributed by atoms with Gasteiger partial charge in [0.2, 0.25) is 5.91 Å². The zero-order valence-electron chi connectivity index (χ0n) is 11.6. The molecular formula is C15H19N3O2. The molecule has 106 valence electrons. The third kappa shape index (κ3) is 3.24. The molecule has 0 amide bonds. The number of nitrogens with one attached hydrogen (secondary N) is 1. The van der Waals surface area contributed by atoms with Gasteiger partial charge in [-0.25, -0.2) is 4.68 Å². The van der Waals surface area contributed by atoms with Crippen LogP contribution in [0.4, 0.5) is 0 Å². The van der Waals surface area contributed by atoms with E-state index in [9.17, 15) is 9.59 Å². The predicted molar refractivity (Wildman–Crippen MR) is 77.7 cm³/mol. The standard InChI is InChI=1S/C15H19N3O2/c1-2-11-3-5-12(6-4-11)7-8-15(20)18-13(10-16)9-14(19)17-18/h3-6,9H,2,7-8,10,16H2,1H3,(H,17,19). The Hall–Kier alpha value is -2.14. The van der Waals surface area contributed by atoms with Gasteiger partial charge in [0.25, 0.3) is 5.56 Å². The molecule has 3 N–H and O–H groups in total. The second-order valence-corrected chi connectivity index (χ2v) is 4.72. The van der Waals surface area contributed by atoms with Gasteiger partial charge >= 0.3 is 0 Å². The van der Waals surface area contributed by atoms with E-state index in [1.165, 1.54) is 16.3 Å². The molecule has 0 saturated carbocycles. The van der Waals surface area contributed by atoms with E-state index in [2.05, 4.69) is 24.2 Å². The van der Waals surface area contributed by atoms with Crippen LogP contribution in [-0.2, 0) is 19.4 Å². The first-order valence-corrected chi connectivity index (χ1v) is 6.76. The number of carbonyl (C=O) groups is 1. The van der Waals surface area contributed by atoms with Crippen LogP contribution in [0.5, 0.6) is 0 Å². The number of aromatic amines is 1. The normalized spacial score (nSPS) is 10.7. The van der Waals surface area contributed by atoms with E-state index in [0.717, 1.165) is 12.0 Å². The molecule has 0 bridgehead atoms. The van der Waals surface area contributed by atoms with Crippen LogP contribution in [0.1, 0.15) is 35.0 Å². The molecule has 0 aliphatic rings. The van der Waals surface area contributed by atoms with E-state index in [1.807, 2.05) is 12.1 Å². The van der Waals surface area contributed by atoms with E-state index in [-0.39, 0.29) is 18.0 Å². The van der Waals surface area contributed by atoms with Gasteiger partial charge in [-0.05, 0) is 24.0 Å². The second-order valence-electron chi connectivity index (χ2n) is 4.72. The van der Waals surface area contributed by atoms with Crippen LogP contribution >= 0.6 is 0 Å². The highest BCUT2D eigenvalue weighted by molar-refractivity contribution is 5.78. The monoisotopic (exact) mass is 273 g/mol. The molecule has 5 heteroatoms. The molecule has 0 aliphatic carbocycles. The van der Waals surface area contributed by atoms with Crippen molar-refractivity contribution in [1.29, 1.82) is 0 Å². The van der Waals surface area contributed by atoms with Gasteiger partial charge in [-0.2, -0.15) is 0 Å². The summed E-state index contributed by atoms with van der Waals surface area (Å²) in [4.78, 5) is 23.3. The van der Waals surface area contributed by atoms with Crippen molar-refractivity contribution in [1.82, 2.24) is 9.78 Å². The zero-order valence-corrected chi connectivity index (χ0v) is 11.6. The lowest BCUT2D eigenvalue weighted by Crippen LogP contribution is -2.19. The van der Waals surface area contributed by atoms with Crippen molar-refractivity contribution < 1.29 is 4.79 Å². The molecule has 1 aromatic heterocycles. The number of rotatable bonds is 5. The summed E-state index contributed by atoms with van der Waals surface area (Å²) in [6, 6.07) is 9.57. The number of hydrogen-bond acceptors (Lipinski definition) is 3. The average molecular weight is 273 g/mol. The number of H-pyrrole nitrogens is 1. The Bertz CT molecular complexity index is 638. The zero-order chi connectivity index (χ0) is 14.5. The van der Waals surface area contributed by atoms with Gasteiger partial charge < -0.3 is 5.73 Å². The van der Waals surface area contributed by atoms with Gasteiger partial charge in [0, 0.05) is 19.0 Å². The largest absolute Gasteiger partial charge is 0.325 e. The van der Waals surface area contributed by atoms with Gasteiger partial charge in [0.15, 0.2) is 0 Å². The molecule has 0 saturated heterocycles. The third-order valence-electron chi connectivity index (χ3n) is 3.32. The van der Waals surface area contributed by atoms with E-state index < -0.39 is 0 Å². The lowest BCUT2D eigenvalue weighted by Gasteiger charge is -2.06. The molecule has 1 heterocycles. The molecule has 2 aromatic rings. The Balaban J connectivity index is 2.02. The van der Waals surface area contributed by atoms with E-state index >= 15 is 0 Å². The highest BCUT2D eigenvalue weighted by atomic mass is 16.2. The maximum Gasteiger partial charge on any atom is 0.264 e. The highest BCUT2D eigenvalue weighted by Crippen LogP contribution is 2.08. The summed E-state index contributed by atoms with van der Waals surface area (Å²) in [5.74, 6) is -0.146. The SMILES string of the molecule is CCc1ccc(CCC(=O)n2[nH]c(=O)cc2CN)cc1. The number of benzene rings is 1. The average Bonchev–Trinajstić information content (AvgIpc) is 2.86. The fraction of sp³-hybridized carbons (Fsp3) is 0.333. The van der Waals surface area contributed by atoms with Crippen LogP contribution in [0, 0.1) is 0 Å². The number of nitrogens with two attached hydrogens (primary N) is 1. The second kappa shape index (κ2) is 6.34. The van der Waals surface area contributed by atoms with Gasteiger partial charge in [-0.3, -0.25) is 14.7 Å². The Kier molecular flexibility index (Phi) is 4.53. The molecule has 0 spiro atoms. The summed E-state index contributed by atoms with van der Waals surface area (Å²) in [6.45, 7) is 2.27. The molecule has 0 aliphatic heterocycles.